The van der Waals surface area contributed by atoms with Crippen LogP contribution in [0.4, 0.5) is 0 Å². The van der Waals surface area contributed by atoms with Crippen molar-refractivity contribution in [2.24, 2.45) is 0 Å². The van der Waals surface area contributed by atoms with Gasteiger partial charge in [0, 0.05) is 17.2 Å². The van der Waals surface area contributed by atoms with Crippen molar-refractivity contribution in [1.29, 1.82) is 0 Å². The first-order valence-electron chi connectivity index (χ1n) is 9.66. The number of hydrogen-bond donors (Lipinski definition) is 0. The standard InChI is InChI=1S/C23H22N4O3S/c1-14-5-6-16(9-15(14)2)20-7-8-22(26-25-20)31-13-21-24-23(27-30-21)17-10-18(28-3)12-19(11-17)29-4/h5-12H,13H2,1-4H3. The summed E-state index contributed by atoms with van der Waals surface area (Å²) in [6.07, 6.45) is 0. The number of benzene rings is 2. The molecule has 0 fully saturated rings. The van der Waals surface area contributed by atoms with Crippen LogP contribution in [0.5, 0.6) is 11.5 Å². The summed E-state index contributed by atoms with van der Waals surface area (Å²) in [6.45, 7) is 4.19. The van der Waals surface area contributed by atoms with Gasteiger partial charge in [-0.3, -0.25) is 0 Å². The molecule has 0 aliphatic rings. The zero-order chi connectivity index (χ0) is 21.8. The van der Waals surface area contributed by atoms with Gasteiger partial charge in [-0.25, -0.2) is 0 Å². The van der Waals surface area contributed by atoms with Crippen molar-refractivity contribution in [3.05, 3.63) is 65.5 Å². The Kier molecular flexibility index (Phi) is 6.18. The Morgan fingerprint density at radius 2 is 1.61 bits per heavy atom. The van der Waals surface area contributed by atoms with Gasteiger partial charge in [-0.15, -0.1) is 10.2 Å². The third kappa shape index (κ3) is 4.86. The van der Waals surface area contributed by atoms with Crippen LogP contribution in [0.25, 0.3) is 22.6 Å². The summed E-state index contributed by atoms with van der Waals surface area (Å²) in [4.78, 5) is 4.47. The van der Waals surface area contributed by atoms with Gasteiger partial charge in [0.2, 0.25) is 11.7 Å². The number of methoxy groups -OCH3 is 2. The summed E-state index contributed by atoms with van der Waals surface area (Å²) < 4.78 is 16.0. The molecule has 0 bridgehead atoms. The summed E-state index contributed by atoms with van der Waals surface area (Å²) >= 11 is 1.49. The number of ether oxygens (including phenoxy) is 2. The molecule has 2 heterocycles. The van der Waals surface area contributed by atoms with E-state index in [1.54, 1.807) is 20.3 Å². The molecule has 31 heavy (non-hydrogen) atoms. The van der Waals surface area contributed by atoms with Crippen molar-refractivity contribution in [3.63, 3.8) is 0 Å². The van der Waals surface area contributed by atoms with Gasteiger partial charge in [-0.2, -0.15) is 4.98 Å². The van der Waals surface area contributed by atoms with Gasteiger partial charge in [0.25, 0.3) is 0 Å². The molecule has 4 aromatic rings. The Labute approximate surface area is 184 Å². The highest BCUT2D eigenvalue weighted by Crippen LogP contribution is 2.29. The van der Waals surface area contributed by atoms with Crippen molar-refractivity contribution >= 4 is 11.8 Å². The Morgan fingerprint density at radius 3 is 2.26 bits per heavy atom. The van der Waals surface area contributed by atoms with E-state index in [1.807, 2.05) is 24.3 Å². The number of hydrogen-bond acceptors (Lipinski definition) is 8. The van der Waals surface area contributed by atoms with E-state index in [2.05, 4.69) is 52.4 Å². The highest BCUT2D eigenvalue weighted by molar-refractivity contribution is 7.98. The lowest BCUT2D eigenvalue weighted by Crippen LogP contribution is -1.92. The topological polar surface area (TPSA) is 83.2 Å². The minimum absolute atomic E-state index is 0.476. The fourth-order valence-electron chi connectivity index (χ4n) is 2.95. The van der Waals surface area contributed by atoms with Crippen LogP contribution in [0.1, 0.15) is 17.0 Å². The van der Waals surface area contributed by atoms with Crippen molar-refractivity contribution in [1.82, 2.24) is 20.3 Å². The Balaban J connectivity index is 1.43. The molecule has 4 rings (SSSR count). The highest BCUT2D eigenvalue weighted by atomic mass is 32.2. The monoisotopic (exact) mass is 434 g/mol. The molecule has 0 atom stereocenters. The predicted molar refractivity (Wildman–Crippen MR) is 119 cm³/mol. The van der Waals surface area contributed by atoms with Gasteiger partial charge < -0.3 is 14.0 Å². The third-order valence-electron chi connectivity index (χ3n) is 4.86. The summed E-state index contributed by atoms with van der Waals surface area (Å²) in [5.41, 5.74) is 5.16. The van der Waals surface area contributed by atoms with E-state index in [0.717, 1.165) is 21.8 Å². The van der Waals surface area contributed by atoms with Crippen LogP contribution in [0.2, 0.25) is 0 Å². The number of aryl methyl sites for hydroxylation is 2. The minimum Gasteiger partial charge on any atom is -0.497 e. The van der Waals surface area contributed by atoms with Crippen molar-refractivity contribution in [2.45, 2.75) is 24.6 Å². The molecule has 0 saturated heterocycles. The normalized spacial score (nSPS) is 10.8. The van der Waals surface area contributed by atoms with E-state index in [1.165, 1.54) is 22.9 Å². The second-order valence-electron chi connectivity index (χ2n) is 6.96. The van der Waals surface area contributed by atoms with Crippen molar-refractivity contribution < 1.29 is 14.0 Å². The van der Waals surface area contributed by atoms with E-state index < -0.39 is 0 Å². The molecule has 158 valence electrons. The quantitative estimate of drug-likeness (QED) is 0.371. The van der Waals surface area contributed by atoms with Crippen LogP contribution in [0, 0.1) is 13.8 Å². The molecule has 0 spiro atoms. The van der Waals surface area contributed by atoms with Gasteiger partial charge in [0.05, 0.1) is 25.7 Å². The zero-order valence-corrected chi connectivity index (χ0v) is 18.6. The molecule has 7 nitrogen and oxygen atoms in total. The van der Waals surface area contributed by atoms with Crippen LogP contribution >= 0.6 is 11.8 Å². The lowest BCUT2D eigenvalue weighted by atomic mass is 10.0. The maximum atomic E-state index is 5.39. The molecule has 2 aromatic heterocycles. The fourth-order valence-corrected chi connectivity index (χ4v) is 3.61. The zero-order valence-electron chi connectivity index (χ0n) is 17.7. The van der Waals surface area contributed by atoms with Crippen molar-refractivity contribution in [3.8, 4) is 34.1 Å². The smallest absolute Gasteiger partial charge is 0.237 e. The lowest BCUT2D eigenvalue weighted by Gasteiger charge is -2.05. The maximum Gasteiger partial charge on any atom is 0.237 e. The summed E-state index contributed by atoms with van der Waals surface area (Å²) in [7, 11) is 3.20. The van der Waals surface area contributed by atoms with Crippen molar-refractivity contribution in [2.75, 3.05) is 14.2 Å². The lowest BCUT2D eigenvalue weighted by molar-refractivity contribution is 0.390. The molecular formula is C23H22N4O3S. The third-order valence-corrected chi connectivity index (χ3v) is 5.77. The highest BCUT2D eigenvalue weighted by Gasteiger charge is 2.12. The molecule has 2 aromatic carbocycles. The van der Waals surface area contributed by atoms with Gasteiger partial charge in [-0.1, -0.05) is 29.1 Å². The van der Waals surface area contributed by atoms with E-state index >= 15 is 0 Å². The van der Waals surface area contributed by atoms with Crippen LogP contribution in [0.3, 0.4) is 0 Å². The first-order chi connectivity index (χ1) is 15.1. The largest absolute Gasteiger partial charge is 0.497 e. The van der Waals surface area contributed by atoms with Gasteiger partial charge in [0.1, 0.15) is 16.5 Å². The predicted octanol–water partition coefficient (Wildman–Crippen LogP) is 5.12. The molecule has 0 aliphatic carbocycles. The van der Waals surface area contributed by atoms with Gasteiger partial charge >= 0.3 is 0 Å². The van der Waals surface area contributed by atoms with Crippen LogP contribution < -0.4 is 9.47 Å². The maximum absolute atomic E-state index is 5.39. The molecule has 0 unspecified atom stereocenters. The molecule has 8 heteroatoms. The van der Waals surface area contributed by atoms with E-state index in [9.17, 15) is 0 Å². The molecular weight excluding hydrogens is 412 g/mol. The minimum atomic E-state index is 0.476. The molecule has 0 saturated carbocycles. The van der Waals surface area contributed by atoms with Gasteiger partial charge in [-0.05, 0) is 55.3 Å². The van der Waals surface area contributed by atoms with E-state index in [4.69, 9.17) is 14.0 Å². The van der Waals surface area contributed by atoms with Crippen LogP contribution in [-0.2, 0) is 5.75 Å². The van der Waals surface area contributed by atoms with Crippen LogP contribution in [-0.4, -0.2) is 34.6 Å². The number of rotatable bonds is 7. The second-order valence-corrected chi connectivity index (χ2v) is 7.95. The average Bonchev–Trinajstić information content (AvgIpc) is 3.28. The first kappa shape index (κ1) is 20.9. The first-order valence-corrected chi connectivity index (χ1v) is 10.6. The summed E-state index contributed by atoms with van der Waals surface area (Å²) in [5, 5.41) is 13.5. The number of nitrogens with zero attached hydrogens (tertiary/aromatic N) is 4. The molecule has 0 radical (unpaired) electrons. The summed E-state index contributed by atoms with van der Waals surface area (Å²) in [6, 6.07) is 15.7. The Bertz CT molecular complexity index is 1170. The Morgan fingerprint density at radius 1 is 0.839 bits per heavy atom. The number of aromatic nitrogens is 4. The van der Waals surface area contributed by atoms with Gasteiger partial charge in [0.15, 0.2) is 0 Å². The molecule has 0 aliphatic heterocycles. The summed E-state index contributed by atoms with van der Waals surface area (Å²) in [5.74, 6) is 2.79. The molecule has 0 amide bonds. The average molecular weight is 435 g/mol. The fraction of sp³-hybridized carbons (Fsp3) is 0.217. The number of thioether (sulfide) groups is 1. The Hall–Kier alpha value is -3.39. The van der Waals surface area contributed by atoms with Crippen LogP contribution in [0.15, 0.2) is 58.1 Å². The van der Waals surface area contributed by atoms with E-state index in [0.29, 0.717) is 29.0 Å². The SMILES string of the molecule is COc1cc(OC)cc(-c2noc(CSc3ccc(-c4ccc(C)c(C)c4)nn3)n2)c1. The molecule has 0 N–H and O–H groups in total. The second kappa shape index (κ2) is 9.18. The van der Waals surface area contributed by atoms with E-state index in [-0.39, 0.29) is 0 Å².